The summed E-state index contributed by atoms with van der Waals surface area (Å²) in [7, 11) is 0. The lowest BCUT2D eigenvalue weighted by atomic mass is 10.2. The third kappa shape index (κ3) is 3.75. The van der Waals surface area contributed by atoms with Crippen LogP contribution >= 0.6 is 46.1 Å². The lowest BCUT2D eigenvalue weighted by Crippen LogP contribution is -2.20. The summed E-state index contributed by atoms with van der Waals surface area (Å²) in [6.45, 7) is 1.73. The number of hydrogen-bond acceptors (Lipinski definition) is 4. The second-order valence-corrected chi connectivity index (χ2v) is 7.23. The zero-order chi connectivity index (χ0) is 17.3. The standard InChI is InChI=1S/C16H11Cl3N2O2S/c1-8-6-9(17)2-4-11(8)23-7-13(22)20-16-21-15-12(24-16)5-3-10(18)14(15)19/h2-6H,7H2,1H3,(H,20,21,22). The normalized spacial score (nSPS) is 10.8. The van der Waals surface area contributed by atoms with Crippen LogP contribution < -0.4 is 10.1 Å². The Morgan fingerprint density at radius 1 is 1.25 bits per heavy atom. The fraction of sp³-hybridized carbons (Fsp3) is 0.125. The van der Waals surface area contributed by atoms with E-state index in [1.165, 1.54) is 11.3 Å². The molecule has 0 spiro atoms. The monoisotopic (exact) mass is 400 g/mol. The Bertz CT molecular complexity index is 927. The number of thiazole rings is 1. The highest BCUT2D eigenvalue weighted by molar-refractivity contribution is 7.22. The number of nitrogens with one attached hydrogen (secondary N) is 1. The third-order valence-electron chi connectivity index (χ3n) is 3.19. The van der Waals surface area contributed by atoms with Gasteiger partial charge < -0.3 is 4.74 Å². The van der Waals surface area contributed by atoms with E-state index in [1.807, 2.05) is 13.0 Å². The highest BCUT2D eigenvalue weighted by atomic mass is 35.5. The number of aryl methyl sites for hydroxylation is 1. The van der Waals surface area contributed by atoms with Gasteiger partial charge in [-0.3, -0.25) is 10.1 Å². The molecule has 1 heterocycles. The Labute approximate surface area is 157 Å². The highest BCUT2D eigenvalue weighted by Crippen LogP contribution is 2.35. The maximum atomic E-state index is 12.0. The van der Waals surface area contributed by atoms with Crippen molar-refractivity contribution in [1.29, 1.82) is 0 Å². The number of rotatable bonds is 4. The quantitative estimate of drug-likeness (QED) is 0.620. The van der Waals surface area contributed by atoms with Crippen LogP contribution in [0.3, 0.4) is 0 Å². The molecule has 0 bridgehead atoms. The largest absolute Gasteiger partial charge is 0.483 e. The number of carbonyl (C=O) groups is 1. The number of nitrogens with zero attached hydrogens (tertiary/aromatic N) is 1. The van der Waals surface area contributed by atoms with Crippen LogP contribution in [-0.2, 0) is 4.79 Å². The third-order valence-corrected chi connectivity index (χ3v) is 5.16. The van der Waals surface area contributed by atoms with Crippen LogP contribution in [0.5, 0.6) is 5.75 Å². The minimum Gasteiger partial charge on any atom is -0.483 e. The Hall–Kier alpha value is -1.53. The molecule has 0 aliphatic heterocycles. The number of amides is 1. The summed E-state index contributed by atoms with van der Waals surface area (Å²) in [5, 5.41) is 4.55. The van der Waals surface area contributed by atoms with E-state index < -0.39 is 0 Å². The predicted octanol–water partition coefficient (Wildman–Crippen LogP) is 5.58. The van der Waals surface area contributed by atoms with Crippen molar-refractivity contribution in [3.05, 3.63) is 51.0 Å². The van der Waals surface area contributed by atoms with Crippen molar-refractivity contribution in [2.75, 3.05) is 11.9 Å². The van der Waals surface area contributed by atoms with Crippen molar-refractivity contribution in [3.8, 4) is 5.75 Å². The van der Waals surface area contributed by atoms with Crippen LogP contribution in [0.1, 0.15) is 5.56 Å². The van der Waals surface area contributed by atoms with Crippen molar-refractivity contribution < 1.29 is 9.53 Å². The lowest BCUT2D eigenvalue weighted by molar-refractivity contribution is -0.118. The summed E-state index contributed by atoms with van der Waals surface area (Å²) in [6, 6.07) is 8.71. The van der Waals surface area contributed by atoms with Gasteiger partial charge in [0.1, 0.15) is 11.3 Å². The van der Waals surface area contributed by atoms with Gasteiger partial charge in [-0.25, -0.2) is 4.98 Å². The topological polar surface area (TPSA) is 51.2 Å². The summed E-state index contributed by atoms with van der Waals surface area (Å²) in [4.78, 5) is 16.3. The van der Waals surface area contributed by atoms with E-state index >= 15 is 0 Å². The molecule has 0 aliphatic carbocycles. The molecule has 0 fully saturated rings. The van der Waals surface area contributed by atoms with Gasteiger partial charge in [-0.15, -0.1) is 0 Å². The summed E-state index contributed by atoms with van der Waals surface area (Å²) in [6.07, 6.45) is 0. The van der Waals surface area contributed by atoms with Crippen molar-refractivity contribution in [2.24, 2.45) is 0 Å². The summed E-state index contributed by atoms with van der Waals surface area (Å²) >= 11 is 19.3. The summed E-state index contributed by atoms with van der Waals surface area (Å²) in [5.41, 5.74) is 1.43. The van der Waals surface area contributed by atoms with Crippen molar-refractivity contribution in [1.82, 2.24) is 4.98 Å². The van der Waals surface area contributed by atoms with Gasteiger partial charge in [0, 0.05) is 5.02 Å². The van der Waals surface area contributed by atoms with E-state index in [9.17, 15) is 4.79 Å². The molecule has 0 radical (unpaired) electrons. The van der Waals surface area contributed by atoms with Crippen LogP contribution in [0.2, 0.25) is 15.1 Å². The minimum absolute atomic E-state index is 0.132. The van der Waals surface area contributed by atoms with Gasteiger partial charge in [0.05, 0.1) is 14.7 Å². The van der Waals surface area contributed by atoms with Gasteiger partial charge in [0.25, 0.3) is 5.91 Å². The number of aromatic nitrogens is 1. The van der Waals surface area contributed by atoms with Gasteiger partial charge in [-0.05, 0) is 42.8 Å². The molecule has 0 saturated carbocycles. The minimum atomic E-state index is -0.314. The maximum Gasteiger partial charge on any atom is 0.264 e. The molecule has 1 N–H and O–H groups in total. The number of benzene rings is 2. The number of hydrogen-bond donors (Lipinski definition) is 1. The Morgan fingerprint density at radius 3 is 2.79 bits per heavy atom. The molecule has 8 heteroatoms. The molecular formula is C16H11Cl3N2O2S. The molecule has 0 unspecified atom stereocenters. The second-order valence-electron chi connectivity index (χ2n) is 4.97. The Morgan fingerprint density at radius 2 is 2.04 bits per heavy atom. The van der Waals surface area contributed by atoms with E-state index in [1.54, 1.807) is 24.3 Å². The smallest absolute Gasteiger partial charge is 0.264 e. The molecule has 0 saturated heterocycles. The van der Waals surface area contributed by atoms with Crippen LogP contribution in [0.4, 0.5) is 5.13 Å². The Balaban J connectivity index is 1.67. The predicted molar refractivity (Wildman–Crippen MR) is 100.0 cm³/mol. The van der Waals surface area contributed by atoms with E-state index in [4.69, 9.17) is 39.5 Å². The first-order valence-corrected chi connectivity index (χ1v) is 8.82. The molecule has 0 aliphatic rings. The van der Waals surface area contributed by atoms with Gasteiger partial charge in [0.15, 0.2) is 11.7 Å². The highest BCUT2D eigenvalue weighted by Gasteiger charge is 2.13. The van der Waals surface area contributed by atoms with Gasteiger partial charge in [0.2, 0.25) is 0 Å². The van der Waals surface area contributed by atoms with Crippen LogP contribution in [0.25, 0.3) is 10.2 Å². The Kier molecular flexibility index (Phi) is 5.15. The van der Waals surface area contributed by atoms with Crippen LogP contribution in [0, 0.1) is 6.92 Å². The number of carbonyl (C=O) groups excluding carboxylic acids is 1. The van der Waals surface area contributed by atoms with Gasteiger partial charge in [-0.2, -0.15) is 0 Å². The van der Waals surface area contributed by atoms with Crippen molar-refractivity contribution >= 4 is 67.4 Å². The zero-order valence-corrected chi connectivity index (χ0v) is 15.5. The number of halogens is 3. The molecular weight excluding hydrogens is 391 g/mol. The van der Waals surface area contributed by atoms with Crippen molar-refractivity contribution in [2.45, 2.75) is 6.92 Å². The van der Waals surface area contributed by atoms with E-state index in [0.717, 1.165) is 10.3 Å². The lowest BCUT2D eigenvalue weighted by Gasteiger charge is -2.08. The molecule has 1 aromatic heterocycles. The first-order chi connectivity index (χ1) is 11.4. The molecule has 124 valence electrons. The van der Waals surface area contributed by atoms with Crippen LogP contribution in [0.15, 0.2) is 30.3 Å². The second kappa shape index (κ2) is 7.15. The summed E-state index contributed by atoms with van der Waals surface area (Å²) in [5.74, 6) is 0.291. The number of anilines is 1. The van der Waals surface area contributed by atoms with E-state index in [2.05, 4.69) is 10.3 Å². The van der Waals surface area contributed by atoms with Crippen molar-refractivity contribution in [3.63, 3.8) is 0 Å². The first-order valence-electron chi connectivity index (χ1n) is 6.87. The number of ether oxygens (including phenoxy) is 1. The molecule has 3 rings (SSSR count). The fourth-order valence-electron chi connectivity index (χ4n) is 2.06. The number of fused-ring (bicyclic) bond motifs is 1. The SMILES string of the molecule is Cc1cc(Cl)ccc1OCC(=O)Nc1nc2c(Cl)c(Cl)ccc2s1. The molecule has 4 nitrogen and oxygen atoms in total. The molecule has 1 amide bonds. The molecule has 2 aromatic carbocycles. The maximum absolute atomic E-state index is 12.0. The molecule has 0 atom stereocenters. The average molecular weight is 402 g/mol. The average Bonchev–Trinajstić information content (AvgIpc) is 2.93. The fourth-order valence-corrected chi connectivity index (χ4v) is 3.60. The van der Waals surface area contributed by atoms with Gasteiger partial charge >= 0.3 is 0 Å². The van der Waals surface area contributed by atoms with E-state index in [-0.39, 0.29) is 12.5 Å². The van der Waals surface area contributed by atoms with E-state index in [0.29, 0.717) is 31.5 Å². The van der Waals surface area contributed by atoms with Gasteiger partial charge in [-0.1, -0.05) is 46.1 Å². The zero-order valence-electron chi connectivity index (χ0n) is 12.4. The first kappa shape index (κ1) is 17.3. The molecule has 24 heavy (non-hydrogen) atoms. The van der Waals surface area contributed by atoms with Crippen LogP contribution in [-0.4, -0.2) is 17.5 Å². The summed E-state index contributed by atoms with van der Waals surface area (Å²) < 4.78 is 6.34. The molecule has 3 aromatic rings.